The molecule has 1 fully saturated rings. The van der Waals surface area contributed by atoms with Crippen molar-refractivity contribution in [2.75, 3.05) is 19.7 Å². The molecule has 3 amide bonds. The standard InChI is InChI=1S/C19H18ClN5O4S/c1-2-9-29-19(28)25-7-4-12(5-8-25)18-22-14(11-30-18)17(27)24-23-16(26)13-3-6-21-15(20)10-13/h1,3,6,10-12H,4-5,7-9H2,(H,23,26)(H,24,27). The van der Waals surface area contributed by atoms with Gasteiger partial charge in [-0.3, -0.25) is 20.4 Å². The zero-order chi connectivity index (χ0) is 21.5. The van der Waals surface area contributed by atoms with Crippen LogP contribution in [0.1, 0.15) is 44.6 Å². The van der Waals surface area contributed by atoms with E-state index in [1.807, 2.05) is 0 Å². The van der Waals surface area contributed by atoms with E-state index in [4.69, 9.17) is 22.8 Å². The molecule has 11 heteroatoms. The highest BCUT2D eigenvalue weighted by atomic mass is 35.5. The Hall–Kier alpha value is -3.16. The number of ether oxygens (including phenoxy) is 1. The van der Waals surface area contributed by atoms with Crippen molar-refractivity contribution in [3.8, 4) is 12.3 Å². The van der Waals surface area contributed by atoms with Crippen LogP contribution in [-0.2, 0) is 4.74 Å². The number of aromatic nitrogens is 2. The molecule has 2 N–H and O–H groups in total. The Morgan fingerprint density at radius 2 is 2.03 bits per heavy atom. The van der Waals surface area contributed by atoms with Gasteiger partial charge in [-0.2, -0.15) is 0 Å². The van der Waals surface area contributed by atoms with Crippen molar-refractivity contribution in [3.63, 3.8) is 0 Å². The Morgan fingerprint density at radius 1 is 1.30 bits per heavy atom. The number of carbonyl (C=O) groups is 3. The average Bonchev–Trinajstić information content (AvgIpc) is 3.26. The molecule has 1 saturated heterocycles. The summed E-state index contributed by atoms with van der Waals surface area (Å²) in [6.45, 7) is 1.01. The predicted molar refractivity (Wildman–Crippen MR) is 110 cm³/mol. The molecule has 2 aromatic heterocycles. The number of hydrogen-bond donors (Lipinski definition) is 2. The minimum atomic E-state index is -0.527. The fraction of sp³-hybridized carbons (Fsp3) is 0.316. The average molecular weight is 448 g/mol. The predicted octanol–water partition coefficient (Wildman–Crippen LogP) is 2.22. The summed E-state index contributed by atoms with van der Waals surface area (Å²) < 4.78 is 4.93. The lowest BCUT2D eigenvalue weighted by Crippen LogP contribution is -2.41. The summed E-state index contributed by atoms with van der Waals surface area (Å²) in [6.07, 6.45) is 7.48. The van der Waals surface area contributed by atoms with E-state index in [0.29, 0.717) is 25.9 Å². The van der Waals surface area contributed by atoms with Crippen LogP contribution >= 0.6 is 22.9 Å². The second-order valence-electron chi connectivity index (χ2n) is 6.37. The van der Waals surface area contributed by atoms with Crippen LogP contribution in [0.2, 0.25) is 5.15 Å². The van der Waals surface area contributed by atoms with Crippen LogP contribution in [0.25, 0.3) is 0 Å². The molecule has 0 saturated carbocycles. The Bertz CT molecular complexity index is 981. The number of nitrogens with one attached hydrogen (secondary N) is 2. The molecule has 0 radical (unpaired) electrons. The van der Waals surface area contributed by atoms with Crippen LogP contribution in [0.4, 0.5) is 4.79 Å². The molecule has 3 rings (SSSR count). The van der Waals surface area contributed by atoms with Crippen molar-refractivity contribution in [1.82, 2.24) is 25.7 Å². The van der Waals surface area contributed by atoms with E-state index >= 15 is 0 Å². The molecule has 0 unspecified atom stereocenters. The summed E-state index contributed by atoms with van der Waals surface area (Å²) in [7, 11) is 0. The third-order valence-corrected chi connectivity index (χ3v) is 5.63. The van der Waals surface area contributed by atoms with Gasteiger partial charge in [-0.1, -0.05) is 17.5 Å². The summed E-state index contributed by atoms with van der Waals surface area (Å²) in [4.78, 5) is 46.0. The number of nitrogens with zero attached hydrogens (tertiary/aromatic N) is 3. The molecule has 0 atom stereocenters. The summed E-state index contributed by atoms with van der Waals surface area (Å²) in [5, 5.41) is 2.62. The summed E-state index contributed by atoms with van der Waals surface area (Å²) in [5.41, 5.74) is 5.12. The van der Waals surface area contributed by atoms with Crippen molar-refractivity contribution in [3.05, 3.63) is 45.1 Å². The number of likely N-dealkylation sites (tertiary alicyclic amines) is 1. The fourth-order valence-corrected chi connectivity index (χ4v) is 4.02. The largest absolute Gasteiger partial charge is 0.436 e. The highest BCUT2D eigenvalue weighted by molar-refractivity contribution is 7.09. The van der Waals surface area contributed by atoms with Crippen molar-refractivity contribution < 1.29 is 19.1 Å². The molecule has 0 aliphatic carbocycles. The first-order valence-electron chi connectivity index (χ1n) is 9.00. The van der Waals surface area contributed by atoms with Gasteiger partial charge in [0.1, 0.15) is 10.8 Å². The number of terminal acetylenes is 1. The molecule has 156 valence electrons. The van der Waals surface area contributed by atoms with Crippen molar-refractivity contribution in [2.45, 2.75) is 18.8 Å². The number of piperidine rings is 1. The monoisotopic (exact) mass is 447 g/mol. The first-order valence-corrected chi connectivity index (χ1v) is 10.3. The molecule has 0 spiro atoms. The van der Waals surface area contributed by atoms with Crippen molar-refractivity contribution in [1.29, 1.82) is 0 Å². The number of pyridine rings is 1. The van der Waals surface area contributed by atoms with E-state index < -0.39 is 17.9 Å². The third kappa shape index (κ3) is 5.46. The number of halogens is 1. The zero-order valence-electron chi connectivity index (χ0n) is 15.8. The van der Waals surface area contributed by atoms with Gasteiger partial charge in [0.05, 0.1) is 5.01 Å². The second kappa shape index (κ2) is 10.0. The van der Waals surface area contributed by atoms with Crippen LogP contribution < -0.4 is 10.9 Å². The maximum atomic E-state index is 12.3. The van der Waals surface area contributed by atoms with E-state index in [1.54, 1.807) is 10.3 Å². The van der Waals surface area contributed by atoms with E-state index in [-0.39, 0.29) is 28.9 Å². The van der Waals surface area contributed by atoms with Crippen LogP contribution in [0.15, 0.2) is 23.7 Å². The van der Waals surface area contributed by atoms with Crippen molar-refractivity contribution >= 4 is 40.8 Å². The lowest BCUT2D eigenvalue weighted by molar-refractivity contribution is 0.0844. The van der Waals surface area contributed by atoms with Crippen LogP contribution in [0.3, 0.4) is 0 Å². The Labute approximate surface area is 181 Å². The minimum Gasteiger partial charge on any atom is -0.436 e. The van der Waals surface area contributed by atoms with Gasteiger partial charge in [-0.15, -0.1) is 17.8 Å². The van der Waals surface area contributed by atoms with E-state index in [1.165, 1.54) is 29.7 Å². The van der Waals surface area contributed by atoms with Crippen LogP contribution in [0.5, 0.6) is 0 Å². The normalized spacial score (nSPS) is 13.9. The molecular weight excluding hydrogens is 430 g/mol. The number of amides is 3. The molecule has 2 aromatic rings. The fourth-order valence-electron chi connectivity index (χ4n) is 2.88. The smallest absolute Gasteiger partial charge is 0.410 e. The summed E-state index contributed by atoms with van der Waals surface area (Å²) in [6, 6.07) is 2.86. The van der Waals surface area contributed by atoms with E-state index in [2.05, 4.69) is 26.7 Å². The Morgan fingerprint density at radius 3 is 2.73 bits per heavy atom. The second-order valence-corrected chi connectivity index (χ2v) is 7.64. The van der Waals surface area contributed by atoms with Crippen LogP contribution in [-0.4, -0.2) is 52.5 Å². The third-order valence-electron chi connectivity index (χ3n) is 4.41. The van der Waals surface area contributed by atoms with Gasteiger partial charge < -0.3 is 9.64 Å². The molecular formula is C19H18ClN5O4S. The summed E-state index contributed by atoms with van der Waals surface area (Å²) >= 11 is 7.12. The lowest BCUT2D eigenvalue weighted by Gasteiger charge is -2.30. The Kier molecular flexibility index (Phi) is 7.21. The SMILES string of the molecule is C#CCOC(=O)N1CCC(c2nc(C(=O)NNC(=O)c3ccnc(Cl)c3)cs2)CC1. The van der Waals surface area contributed by atoms with Gasteiger partial charge in [-0.05, 0) is 25.0 Å². The van der Waals surface area contributed by atoms with E-state index in [9.17, 15) is 14.4 Å². The van der Waals surface area contributed by atoms with Gasteiger partial charge in [-0.25, -0.2) is 14.8 Å². The number of hydrogen-bond acceptors (Lipinski definition) is 7. The minimum absolute atomic E-state index is 0.0472. The molecule has 1 aliphatic rings. The zero-order valence-corrected chi connectivity index (χ0v) is 17.3. The summed E-state index contributed by atoms with van der Waals surface area (Å²) in [5.74, 6) is 1.36. The van der Waals surface area contributed by atoms with E-state index in [0.717, 1.165) is 5.01 Å². The van der Waals surface area contributed by atoms with Gasteiger partial charge >= 0.3 is 6.09 Å². The molecule has 0 aromatic carbocycles. The van der Waals surface area contributed by atoms with Gasteiger partial charge in [0.25, 0.3) is 11.8 Å². The maximum Gasteiger partial charge on any atom is 0.410 e. The lowest BCUT2D eigenvalue weighted by atomic mass is 9.98. The topological polar surface area (TPSA) is 114 Å². The van der Waals surface area contributed by atoms with Gasteiger partial charge in [0.2, 0.25) is 0 Å². The first kappa shape index (κ1) is 21.5. The molecule has 30 heavy (non-hydrogen) atoms. The molecule has 3 heterocycles. The molecule has 9 nitrogen and oxygen atoms in total. The highest BCUT2D eigenvalue weighted by Gasteiger charge is 2.27. The van der Waals surface area contributed by atoms with Crippen LogP contribution in [0, 0.1) is 12.3 Å². The van der Waals surface area contributed by atoms with Crippen molar-refractivity contribution in [2.24, 2.45) is 0 Å². The molecule has 1 aliphatic heterocycles. The number of hydrazine groups is 1. The highest BCUT2D eigenvalue weighted by Crippen LogP contribution is 2.30. The maximum absolute atomic E-state index is 12.3. The number of rotatable bonds is 4. The van der Waals surface area contributed by atoms with Gasteiger partial charge in [0, 0.05) is 36.1 Å². The first-order chi connectivity index (χ1) is 14.5. The number of thiazole rings is 1. The Balaban J connectivity index is 1.50. The van der Waals surface area contributed by atoms with Gasteiger partial charge in [0.15, 0.2) is 6.61 Å². The quantitative estimate of drug-likeness (QED) is 0.422. The molecule has 0 bridgehead atoms. The number of carbonyl (C=O) groups excluding carboxylic acids is 3.